The molecule has 0 aliphatic rings. The normalized spacial score (nSPS) is 12.2. The van der Waals surface area contributed by atoms with E-state index in [2.05, 4.69) is 17.2 Å². The van der Waals surface area contributed by atoms with Crippen LogP contribution in [0.15, 0.2) is 12.3 Å². The lowest BCUT2D eigenvalue weighted by atomic mass is 10.2. The minimum absolute atomic E-state index is 0.234. The van der Waals surface area contributed by atoms with Crippen molar-refractivity contribution >= 4 is 5.69 Å². The molecule has 16 heavy (non-hydrogen) atoms. The Hall–Kier alpha value is -1.29. The molecule has 1 heterocycles. The molecule has 0 saturated heterocycles. The van der Waals surface area contributed by atoms with Crippen molar-refractivity contribution < 1.29 is 9.47 Å². The zero-order valence-corrected chi connectivity index (χ0v) is 10.4. The van der Waals surface area contributed by atoms with Gasteiger partial charge in [-0.05, 0) is 32.4 Å². The van der Waals surface area contributed by atoms with Gasteiger partial charge in [0, 0.05) is 18.8 Å². The van der Waals surface area contributed by atoms with E-state index >= 15 is 0 Å². The number of hydrogen-bond donors (Lipinski definition) is 1. The summed E-state index contributed by atoms with van der Waals surface area (Å²) in [5.74, 6) is 0.619. The van der Waals surface area contributed by atoms with Crippen LogP contribution >= 0.6 is 0 Å². The average molecular weight is 224 g/mol. The van der Waals surface area contributed by atoms with E-state index in [1.807, 2.05) is 19.9 Å². The molecule has 1 unspecified atom stereocenters. The van der Waals surface area contributed by atoms with Crippen LogP contribution in [0.3, 0.4) is 0 Å². The molecular formula is C12H20N2O2. The van der Waals surface area contributed by atoms with Crippen LogP contribution in [0.4, 0.5) is 5.69 Å². The largest absolute Gasteiger partial charge is 0.480 e. The summed E-state index contributed by atoms with van der Waals surface area (Å²) in [7, 11) is 1.62. The monoisotopic (exact) mass is 224 g/mol. The summed E-state index contributed by atoms with van der Waals surface area (Å²) < 4.78 is 10.5. The van der Waals surface area contributed by atoms with E-state index < -0.39 is 0 Å². The molecule has 0 spiro atoms. The highest BCUT2D eigenvalue weighted by Crippen LogP contribution is 2.22. The average Bonchev–Trinajstić information content (AvgIpc) is 2.27. The van der Waals surface area contributed by atoms with Gasteiger partial charge in [-0.25, -0.2) is 4.98 Å². The van der Waals surface area contributed by atoms with Gasteiger partial charge in [-0.1, -0.05) is 0 Å². The van der Waals surface area contributed by atoms with E-state index in [-0.39, 0.29) is 6.04 Å². The first-order valence-corrected chi connectivity index (χ1v) is 5.52. The quantitative estimate of drug-likeness (QED) is 0.804. The maximum atomic E-state index is 5.35. The second-order valence-electron chi connectivity index (χ2n) is 3.77. The molecule has 0 radical (unpaired) electrons. The van der Waals surface area contributed by atoms with E-state index in [0.29, 0.717) is 12.5 Å². The van der Waals surface area contributed by atoms with Gasteiger partial charge in [0.15, 0.2) is 0 Å². The Bertz CT molecular complexity index is 329. The van der Waals surface area contributed by atoms with Crippen molar-refractivity contribution in [2.45, 2.75) is 26.8 Å². The molecule has 0 saturated carbocycles. The second-order valence-corrected chi connectivity index (χ2v) is 3.77. The lowest BCUT2D eigenvalue weighted by Gasteiger charge is -2.17. The zero-order chi connectivity index (χ0) is 12.0. The third-order valence-electron chi connectivity index (χ3n) is 2.16. The van der Waals surface area contributed by atoms with Crippen molar-refractivity contribution in [3.05, 3.63) is 17.8 Å². The Balaban J connectivity index is 2.67. The minimum Gasteiger partial charge on any atom is -0.480 e. The summed E-state index contributed by atoms with van der Waals surface area (Å²) in [6.45, 7) is 7.46. The molecule has 0 aliphatic heterocycles. The topological polar surface area (TPSA) is 43.4 Å². The first kappa shape index (κ1) is 12.8. The molecule has 4 heteroatoms. The van der Waals surface area contributed by atoms with Crippen molar-refractivity contribution in [2.75, 3.05) is 25.6 Å². The Labute approximate surface area is 97.0 Å². The van der Waals surface area contributed by atoms with Crippen LogP contribution in [-0.4, -0.2) is 31.3 Å². The summed E-state index contributed by atoms with van der Waals surface area (Å²) >= 11 is 0. The molecule has 1 atom stereocenters. The maximum Gasteiger partial charge on any atom is 0.237 e. The number of methoxy groups -OCH3 is 1. The number of nitrogens with one attached hydrogen (secondary N) is 1. The van der Waals surface area contributed by atoms with Crippen molar-refractivity contribution in [1.82, 2.24) is 4.98 Å². The smallest absolute Gasteiger partial charge is 0.237 e. The Morgan fingerprint density at radius 2 is 2.25 bits per heavy atom. The van der Waals surface area contributed by atoms with Gasteiger partial charge in [-0.2, -0.15) is 0 Å². The maximum absolute atomic E-state index is 5.35. The van der Waals surface area contributed by atoms with Gasteiger partial charge in [0.25, 0.3) is 0 Å². The summed E-state index contributed by atoms with van der Waals surface area (Å²) in [5, 5.41) is 3.32. The molecule has 0 aromatic carbocycles. The van der Waals surface area contributed by atoms with E-state index in [1.54, 1.807) is 13.3 Å². The van der Waals surface area contributed by atoms with E-state index in [4.69, 9.17) is 9.47 Å². The van der Waals surface area contributed by atoms with Crippen LogP contribution in [-0.2, 0) is 4.74 Å². The number of aryl methyl sites for hydroxylation is 1. The van der Waals surface area contributed by atoms with E-state index in [1.165, 1.54) is 0 Å². The highest BCUT2D eigenvalue weighted by atomic mass is 16.5. The molecule has 1 N–H and O–H groups in total. The van der Waals surface area contributed by atoms with Crippen LogP contribution in [0.2, 0.25) is 0 Å². The van der Waals surface area contributed by atoms with Gasteiger partial charge in [0.2, 0.25) is 5.88 Å². The molecule has 1 aromatic rings. The summed E-state index contributed by atoms with van der Waals surface area (Å²) in [4.78, 5) is 4.20. The van der Waals surface area contributed by atoms with Crippen molar-refractivity contribution in [2.24, 2.45) is 0 Å². The highest BCUT2D eigenvalue weighted by Gasteiger charge is 2.08. The van der Waals surface area contributed by atoms with Gasteiger partial charge in [0.1, 0.15) is 0 Å². The fraction of sp³-hybridized carbons (Fsp3) is 0.583. The lowest BCUT2D eigenvalue weighted by Crippen LogP contribution is -2.22. The number of anilines is 1. The Morgan fingerprint density at radius 1 is 1.50 bits per heavy atom. The van der Waals surface area contributed by atoms with E-state index in [0.717, 1.165) is 17.9 Å². The first-order valence-electron chi connectivity index (χ1n) is 5.52. The van der Waals surface area contributed by atoms with Gasteiger partial charge in [-0.3, -0.25) is 0 Å². The standard InChI is InChI=1S/C12H20N2O2/c1-5-16-8-10(3)14-11-6-9(2)7-13-12(11)15-4/h6-7,10,14H,5,8H2,1-4H3. The van der Waals surface area contributed by atoms with Crippen LogP contribution in [0.1, 0.15) is 19.4 Å². The van der Waals surface area contributed by atoms with Crippen LogP contribution in [0.25, 0.3) is 0 Å². The summed E-state index contributed by atoms with van der Waals surface area (Å²) in [6, 6.07) is 2.26. The predicted molar refractivity (Wildman–Crippen MR) is 65.1 cm³/mol. The van der Waals surface area contributed by atoms with Crippen LogP contribution in [0, 0.1) is 6.92 Å². The molecule has 1 aromatic heterocycles. The highest BCUT2D eigenvalue weighted by molar-refractivity contribution is 5.54. The summed E-state index contributed by atoms with van der Waals surface area (Å²) in [5.41, 5.74) is 2.02. The number of ether oxygens (including phenoxy) is 2. The lowest BCUT2D eigenvalue weighted by molar-refractivity contribution is 0.141. The minimum atomic E-state index is 0.234. The van der Waals surface area contributed by atoms with Crippen molar-refractivity contribution in [3.63, 3.8) is 0 Å². The second kappa shape index (κ2) is 6.33. The van der Waals surface area contributed by atoms with Gasteiger partial charge >= 0.3 is 0 Å². The third kappa shape index (κ3) is 3.70. The number of hydrogen-bond acceptors (Lipinski definition) is 4. The molecule has 1 rings (SSSR count). The zero-order valence-electron chi connectivity index (χ0n) is 10.4. The SMILES string of the molecule is CCOCC(C)Nc1cc(C)cnc1OC. The molecule has 90 valence electrons. The number of pyridine rings is 1. The number of rotatable bonds is 6. The summed E-state index contributed by atoms with van der Waals surface area (Å²) in [6.07, 6.45) is 1.79. The van der Waals surface area contributed by atoms with Crippen LogP contribution < -0.4 is 10.1 Å². The van der Waals surface area contributed by atoms with Gasteiger partial charge in [-0.15, -0.1) is 0 Å². The van der Waals surface area contributed by atoms with Gasteiger partial charge in [0.05, 0.1) is 19.4 Å². The fourth-order valence-electron chi connectivity index (χ4n) is 1.42. The van der Waals surface area contributed by atoms with Crippen LogP contribution in [0.5, 0.6) is 5.88 Å². The third-order valence-corrected chi connectivity index (χ3v) is 2.16. The van der Waals surface area contributed by atoms with Crippen molar-refractivity contribution in [3.8, 4) is 5.88 Å². The van der Waals surface area contributed by atoms with Crippen molar-refractivity contribution in [1.29, 1.82) is 0 Å². The Kier molecular flexibility index (Phi) is 5.05. The molecule has 0 bridgehead atoms. The molecular weight excluding hydrogens is 204 g/mol. The molecule has 0 fully saturated rings. The molecule has 0 amide bonds. The number of aromatic nitrogens is 1. The van der Waals surface area contributed by atoms with Gasteiger partial charge < -0.3 is 14.8 Å². The molecule has 0 aliphatic carbocycles. The predicted octanol–water partition coefficient (Wildman–Crippen LogP) is 2.24. The van der Waals surface area contributed by atoms with E-state index in [9.17, 15) is 0 Å². The first-order chi connectivity index (χ1) is 7.67. The fourth-order valence-corrected chi connectivity index (χ4v) is 1.42. The Morgan fingerprint density at radius 3 is 2.88 bits per heavy atom. The number of nitrogens with zero attached hydrogens (tertiary/aromatic N) is 1. The molecule has 4 nitrogen and oxygen atoms in total.